The van der Waals surface area contributed by atoms with E-state index in [1.54, 1.807) is 4.31 Å². The topological polar surface area (TPSA) is 90.8 Å². The molecule has 1 spiro atoms. The second-order valence-corrected chi connectivity index (χ2v) is 9.77. The first-order valence-electron chi connectivity index (χ1n) is 9.76. The van der Waals surface area contributed by atoms with E-state index in [1.165, 1.54) is 6.26 Å². The second kappa shape index (κ2) is 9.61. The van der Waals surface area contributed by atoms with E-state index in [0.29, 0.717) is 6.54 Å². The number of aromatic nitrogens is 1. The second-order valence-electron chi connectivity index (χ2n) is 7.87. The van der Waals surface area contributed by atoms with Gasteiger partial charge in [-0.05, 0) is 44.7 Å². The van der Waals surface area contributed by atoms with Gasteiger partial charge in [-0.15, -0.1) is 0 Å². The largest absolute Gasteiger partial charge is 0.490 e. The molecule has 0 radical (unpaired) electrons. The van der Waals surface area contributed by atoms with Crippen molar-refractivity contribution >= 4 is 16.0 Å². The van der Waals surface area contributed by atoms with Gasteiger partial charge in [-0.3, -0.25) is 9.88 Å². The number of hydrogen-bond acceptors (Lipinski definition) is 5. The number of carboxylic acids is 1. The van der Waals surface area contributed by atoms with E-state index in [1.807, 2.05) is 13.0 Å². The number of carboxylic acid groups (broad SMARTS) is 1. The molecule has 3 rings (SSSR count). The molecule has 2 saturated heterocycles. The lowest BCUT2D eigenvalue weighted by Crippen LogP contribution is -2.58. The molecule has 0 unspecified atom stereocenters. The van der Waals surface area contributed by atoms with Crippen molar-refractivity contribution in [1.29, 1.82) is 0 Å². The lowest BCUT2D eigenvalue weighted by Gasteiger charge is -2.50. The van der Waals surface area contributed by atoms with Gasteiger partial charge in [0.25, 0.3) is 0 Å². The number of piperidine rings is 2. The number of likely N-dealkylation sites (tertiary alicyclic amines) is 1. The molecule has 1 aromatic rings. The van der Waals surface area contributed by atoms with Gasteiger partial charge in [0.05, 0.1) is 11.9 Å². The van der Waals surface area contributed by atoms with Gasteiger partial charge in [-0.25, -0.2) is 13.2 Å². The van der Waals surface area contributed by atoms with E-state index < -0.39 is 22.2 Å². The van der Waals surface area contributed by atoms with Crippen LogP contribution in [0, 0.1) is 6.92 Å². The van der Waals surface area contributed by atoms with E-state index in [9.17, 15) is 21.6 Å². The summed E-state index contributed by atoms with van der Waals surface area (Å²) in [6.07, 6.45) is 1.30. The normalized spacial score (nSPS) is 20.4. The highest BCUT2D eigenvalue weighted by Crippen LogP contribution is 2.39. The summed E-state index contributed by atoms with van der Waals surface area (Å²) in [5.41, 5.74) is 2.01. The first kappa shape index (κ1) is 24.5. The van der Waals surface area contributed by atoms with Crippen LogP contribution in [0.1, 0.15) is 43.5 Å². The molecular weight excluding hydrogens is 423 g/mol. The molecule has 2 aliphatic heterocycles. The Hall–Kier alpha value is -1.72. The van der Waals surface area contributed by atoms with Crippen LogP contribution in [-0.2, 0) is 21.4 Å². The number of aliphatic carboxylic acids is 1. The molecule has 11 heteroatoms. The summed E-state index contributed by atoms with van der Waals surface area (Å²) in [5.74, 6) is -2.76. The van der Waals surface area contributed by atoms with Crippen LogP contribution in [0.3, 0.4) is 0 Å². The van der Waals surface area contributed by atoms with Crippen molar-refractivity contribution in [2.24, 2.45) is 0 Å². The van der Waals surface area contributed by atoms with Gasteiger partial charge in [-0.1, -0.05) is 12.5 Å². The Morgan fingerprint density at radius 1 is 1.17 bits per heavy atom. The maximum absolute atomic E-state index is 12.2. The third-order valence-electron chi connectivity index (χ3n) is 5.54. The Labute approximate surface area is 174 Å². The number of halogens is 3. The standard InChI is InChI=1S/C17H27N3O2S.C2HF3O2/c1-15-6-5-7-16(18-15)14-19-12-9-17(10-13-19)8-3-4-11-20(17)23(2,21)22;3-2(4,5)1(6)7/h5-7H,3-4,8-14H2,1-2H3;(H,6,7). The van der Waals surface area contributed by atoms with Crippen LogP contribution >= 0.6 is 0 Å². The van der Waals surface area contributed by atoms with Crippen LogP contribution in [-0.4, -0.2) is 71.3 Å². The zero-order valence-corrected chi connectivity index (χ0v) is 18.0. The molecule has 1 N–H and O–H groups in total. The summed E-state index contributed by atoms with van der Waals surface area (Å²) in [4.78, 5) is 15.9. The van der Waals surface area contributed by atoms with Crippen LogP contribution in [0.4, 0.5) is 13.2 Å². The van der Waals surface area contributed by atoms with Gasteiger partial charge in [0.1, 0.15) is 0 Å². The van der Waals surface area contributed by atoms with E-state index >= 15 is 0 Å². The Morgan fingerprint density at radius 2 is 1.77 bits per heavy atom. The SMILES string of the molecule is Cc1cccc(CN2CCC3(CCCCN3S(C)(=O)=O)CC2)n1.O=C(O)C(F)(F)F. The van der Waals surface area contributed by atoms with Gasteiger partial charge in [-0.2, -0.15) is 17.5 Å². The first-order valence-corrected chi connectivity index (χ1v) is 11.6. The summed E-state index contributed by atoms with van der Waals surface area (Å²) in [6, 6.07) is 6.14. The van der Waals surface area contributed by atoms with Crippen LogP contribution < -0.4 is 0 Å². The molecule has 0 saturated carbocycles. The number of rotatable bonds is 3. The fourth-order valence-electron chi connectivity index (χ4n) is 4.13. The van der Waals surface area contributed by atoms with Gasteiger partial charge < -0.3 is 5.11 Å². The van der Waals surface area contributed by atoms with E-state index in [4.69, 9.17) is 9.90 Å². The molecular formula is C19H28F3N3O4S. The number of alkyl halides is 3. The van der Waals surface area contributed by atoms with Crippen LogP contribution in [0.2, 0.25) is 0 Å². The number of nitrogens with zero attached hydrogens (tertiary/aromatic N) is 3. The fourth-order valence-corrected chi connectivity index (χ4v) is 5.57. The summed E-state index contributed by atoms with van der Waals surface area (Å²) in [7, 11) is -3.11. The van der Waals surface area contributed by atoms with Crippen molar-refractivity contribution in [1.82, 2.24) is 14.2 Å². The first-order chi connectivity index (χ1) is 13.8. The predicted molar refractivity (Wildman–Crippen MR) is 105 cm³/mol. The third kappa shape index (κ3) is 6.64. The number of sulfonamides is 1. The monoisotopic (exact) mass is 451 g/mol. The maximum atomic E-state index is 12.2. The van der Waals surface area contributed by atoms with E-state index in [2.05, 4.69) is 22.0 Å². The van der Waals surface area contributed by atoms with E-state index in [0.717, 1.165) is 63.1 Å². The minimum Gasteiger partial charge on any atom is -0.475 e. The van der Waals surface area contributed by atoms with Crippen molar-refractivity contribution < 1.29 is 31.5 Å². The lowest BCUT2D eigenvalue weighted by atomic mass is 9.80. The molecule has 7 nitrogen and oxygen atoms in total. The minimum absolute atomic E-state index is 0.137. The van der Waals surface area contributed by atoms with Crippen LogP contribution in [0.5, 0.6) is 0 Å². The average molecular weight is 452 g/mol. The molecule has 0 aliphatic carbocycles. The number of aryl methyl sites for hydroxylation is 1. The minimum atomic E-state index is -5.08. The summed E-state index contributed by atoms with van der Waals surface area (Å²) < 4.78 is 57.9. The highest BCUT2D eigenvalue weighted by atomic mass is 32.2. The van der Waals surface area contributed by atoms with Crippen molar-refractivity contribution in [3.05, 3.63) is 29.6 Å². The third-order valence-corrected chi connectivity index (χ3v) is 6.91. The molecule has 0 bridgehead atoms. The van der Waals surface area contributed by atoms with Crippen molar-refractivity contribution in [2.45, 2.75) is 57.3 Å². The Kier molecular flexibility index (Phi) is 7.86. The lowest BCUT2D eigenvalue weighted by molar-refractivity contribution is -0.192. The molecule has 3 heterocycles. The van der Waals surface area contributed by atoms with Gasteiger partial charge in [0.15, 0.2) is 0 Å². The van der Waals surface area contributed by atoms with Gasteiger partial charge in [0.2, 0.25) is 10.0 Å². The van der Waals surface area contributed by atoms with Crippen molar-refractivity contribution in [3.63, 3.8) is 0 Å². The highest BCUT2D eigenvalue weighted by Gasteiger charge is 2.45. The number of carbonyl (C=O) groups is 1. The summed E-state index contributed by atoms with van der Waals surface area (Å²) in [5, 5.41) is 7.12. The van der Waals surface area contributed by atoms with Crippen LogP contribution in [0.25, 0.3) is 0 Å². The molecule has 0 aromatic carbocycles. The molecule has 0 amide bonds. The van der Waals surface area contributed by atoms with Crippen molar-refractivity contribution in [3.8, 4) is 0 Å². The molecule has 2 fully saturated rings. The van der Waals surface area contributed by atoms with E-state index in [-0.39, 0.29) is 5.54 Å². The Morgan fingerprint density at radius 3 is 2.27 bits per heavy atom. The zero-order chi connectivity index (χ0) is 22.6. The quantitative estimate of drug-likeness (QED) is 0.760. The zero-order valence-electron chi connectivity index (χ0n) is 17.2. The molecule has 2 aliphatic rings. The van der Waals surface area contributed by atoms with Gasteiger partial charge in [0, 0.05) is 37.4 Å². The molecule has 1 aromatic heterocycles. The molecule has 0 atom stereocenters. The summed E-state index contributed by atoms with van der Waals surface area (Å²) in [6.45, 7) is 5.46. The maximum Gasteiger partial charge on any atom is 0.490 e. The van der Waals surface area contributed by atoms with Gasteiger partial charge >= 0.3 is 12.1 Å². The molecule has 30 heavy (non-hydrogen) atoms. The predicted octanol–water partition coefficient (Wildman–Crippen LogP) is 2.80. The molecule has 170 valence electrons. The highest BCUT2D eigenvalue weighted by molar-refractivity contribution is 7.88. The number of pyridine rings is 1. The Balaban J connectivity index is 0.000000396. The van der Waals surface area contributed by atoms with Crippen LogP contribution in [0.15, 0.2) is 18.2 Å². The smallest absolute Gasteiger partial charge is 0.475 e. The van der Waals surface area contributed by atoms with Crippen molar-refractivity contribution in [2.75, 3.05) is 25.9 Å². The summed E-state index contributed by atoms with van der Waals surface area (Å²) >= 11 is 0. The number of hydrogen-bond donors (Lipinski definition) is 1. The fraction of sp³-hybridized carbons (Fsp3) is 0.684. The Bertz CT molecular complexity index is 838. The average Bonchev–Trinajstić information content (AvgIpc) is 2.63.